The first kappa shape index (κ1) is 10.0. The smallest absolute Gasteiger partial charge is 0.304 e. The van der Waals surface area contributed by atoms with Crippen LogP contribution in [0.15, 0.2) is 4.52 Å². The molecular weight excluding hydrogens is 192 g/mol. The first-order valence-corrected chi connectivity index (χ1v) is 4.92. The van der Waals surface area contributed by atoms with Gasteiger partial charge in [0, 0.05) is 12.7 Å². The number of nitrogens with zero attached hydrogens (tertiary/aromatic N) is 2. The summed E-state index contributed by atoms with van der Waals surface area (Å²) in [6.45, 7) is 1.72. The number of hydrogen-bond donors (Lipinski definition) is 1. The van der Waals surface area contributed by atoms with Gasteiger partial charge < -0.3 is 9.63 Å². The molecule has 0 bridgehead atoms. The maximum Gasteiger partial charge on any atom is 0.304 e. The van der Waals surface area contributed by atoms with Gasteiger partial charge >= 0.3 is 5.97 Å². The molecule has 1 aromatic rings. The van der Waals surface area contributed by atoms with Crippen LogP contribution < -0.4 is 0 Å². The minimum Gasteiger partial charge on any atom is -0.481 e. The summed E-state index contributed by atoms with van der Waals surface area (Å²) in [6.07, 6.45) is 0.168. The molecule has 0 aromatic carbocycles. The van der Waals surface area contributed by atoms with Crippen LogP contribution in [0.5, 0.6) is 0 Å². The largest absolute Gasteiger partial charge is 0.481 e. The average Bonchev–Trinajstić information content (AvgIpc) is 2.45. The third-order valence-electron chi connectivity index (χ3n) is 1.26. The molecule has 1 aromatic heterocycles. The second-order valence-corrected chi connectivity index (χ2v) is 3.53. The Labute approximate surface area is 79.5 Å². The summed E-state index contributed by atoms with van der Waals surface area (Å²) < 4.78 is 4.75. The Bertz CT molecular complexity index is 287. The van der Waals surface area contributed by atoms with E-state index >= 15 is 0 Å². The number of carboxylic acid groups (broad SMARTS) is 1. The van der Waals surface area contributed by atoms with Gasteiger partial charge in [0.2, 0.25) is 5.89 Å². The van der Waals surface area contributed by atoms with Gasteiger partial charge in [0.25, 0.3) is 0 Å². The lowest BCUT2D eigenvalue weighted by Crippen LogP contribution is -1.96. The van der Waals surface area contributed by atoms with Gasteiger partial charge in [0.15, 0.2) is 5.82 Å². The molecule has 0 atom stereocenters. The van der Waals surface area contributed by atoms with Crippen LogP contribution in [0.4, 0.5) is 0 Å². The lowest BCUT2D eigenvalue weighted by atomic mass is 10.5. The molecule has 0 fully saturated rings. The normalized spacial score (nSPS) is 10.2. The Kier molecular flexibility index (Phi) is 3.75. The van der Waals surface area contributed by atoms with Gasteiger partial charge in [-0.2, -0.15) is 16.7 Å². The Balaban J connectivity index is 2.16. The molecule has 0 spiro atoms. The molecule has 72 valence electrons. The van der Waals surface area contributed by atoms with E-state index in [4.69, 9.17) is 9.63 Å². The zero-order chi connectivity index (χ0) is 9.68. The fraction of sp³-hybridized carbons (Fsp3) is 0.571. The summed E-state index contributed by atoms with van der Waals surface area (Å²) in [4.78, 5) is 14.1. The predicted molar refractivity (Wildman–Crippen MR) is 47.4 cm³/mol. The standard InChI is InChI=1S/C7H10N2O3S/c1-5-8-6(9-12-5)4-13-3-2-7(10)11/h2-4H2,1H3,(H,10,11). The maximum absolute atomic E-state index is 10.2. The third-order valence-corrected chi connectivity index (χ3v) is 2.22. The van der Waals surface area contributed by atoms with E-state index in [9.17, 15) is 4.79 Å². The van der Waals surface area contributed by atoms with Gasteiger partial charge in [0.1, 0.15) is 0 Å². The predicted octanol–water partition coefficient (Wildman–Crippen LogP) is 1.09. The average molecular weight is 202 g/mol. The molecule has 6 heteroatoms. The number of carbonyl (C=O) groups is 1. The first-order valence-electron chi connectivity index (χ1n) is 3.77. The van der Waals surface area contributed by atoms with Crippen LogP contribution in [0, 0.1) is 6.92 Å². The lowest BCUT2D eigenvalue weighted by molar-refractivity contribution is -0.136. The van der Waals surface area contributed by atoms with Crippen molar-refractivity contribution in [3.8, 4) is 0 Å². The zero-order valence-corrected chi connectivity index (χ0v) is 8.00. The summed E-state index contributed by atoms with van der Waals surface area (Å²) in [5, 5.41) is 12.0. The minimum atomic E-state index is -0.781. The fourth-order valence-corrected chi connectivity index (χ4v) is 1.49. The second kappa shape index (κ2) is 4.86. The number of aromatic nitrogens is 2. The summed E-state index contributed by atoms with van der Waals surface area (Å²) in [7, 11) is 0. The van der Waals surface area contributed by atoms with Gasteiger partial charge in [-0.1, -0.05) is 5.16 Å². The molecule has 5 nitrogen and oxygen atoms in total. The maximum atomic E-state index is 10.2. The molecule has 0 radical (unpaired) electrons. The highest BCUT2D eigenvalue weighted by atomic mass is 32.2. The van der Waals surface area contributed by atoms with Crippen LogP contribution in [-0.4, -0.2) is 27.0 Å². The SMILES string of the molecule is Cc1nc(CSCCC(=O)O)no1. The molecule has 0 aliphatic rings. The van der Waals surface area contributed by atoms with Crippen LogP contribution in [-0.2, 0) is 10.5 Å². The molecule has 1 rings (SSSR count). The third kappa shape index (κ3) is 3.93. The summed E-state index contributed by atoms with van der Waals surface area (Å²) in [5.41, 5.74) is 0. The van der Waals surface area contributed by atoms with E-state index in [2.05, 4.69) is 10.1 Å². The summed E-state index contributed by atoms with van der Waals surface area (Å²) in [6, 6.07) is 0. The topological polar surface area (TPSA) is 76.2 Å². The quantitative estimate of drug-likeness (QED) is 0.720. The monoisotopic (exact) mass is 202 g/mol. The summed E-state index contributed by atoms with van der Waals surface area (Å²) >= 11 is 1.48. The molecule has 0 saturated carbocycles. The zero-order valence-electron chi connectivity index (χ0n) is 7.19. The number of rotatable bonds is 5. The molecule has 0 saturated heterocycles. The van der Waals surface area contributed by atoms with Gasteiger partial charge in [-0.3, -0.25) is 4.79 Å². The molecule has 0 aliphatic carbocycles. The summed E-state index contributed by atoms with van der Waals surface area (Å²) in [5.74, 6) is 1.55. The Morgan fingerprint density at radius 2 is 2.46 bits per heavy atom. The van der Waals surface area contributed by atoms with Crippen molar-refractivity contribution in [3.63, 3.8) is 0 Å². The lowest BCUT2D eigenvalue weighted by Gasteiger charge is -1.93. The van der Waals surface area contributed by atoms with E-state index in [1.165, 1.54) is 11.8 Å². The van der Waals surface area contributed by atoms with E-state index in [0.29, 0.717) is 23.2 Å². The molecular formula is C7H10N2O3S. The number of thioether (sulfide) groups is 1. The van der Waals surface area contributed by atoms with Crippen molar-refractivity contribution in [2.45, 2.75) is 19.1 Å². The van der Waals surface area contributed by atoms with Crippen LogP contribution in [0.25, 0.3) is 0 Å². The minimum absolute atomic E-state index is 0.168. The van der Waals surface area contributed by atoms with E-state index in [1.807, 2.05) is 0 Å². The van der Waals surface area contributed by atoms with Crippen molar-refractivity contribution in [3.05, 3.63) is 11.7 Å². The van der Waals surface area contributed by atoms with Crippen molar-refractivity contribution >= 4 is 17.7 Å². The first-order chi connectivity index (χ1) is 6.18. The van der Waals surface area contributed by atoms with Gasteiger partial charge in [-0.05, 0) is 0 Å². The van der Waals surface area contributed by atoms with Crippen molar-refractivity contribution in [1.29, 1.82) is 0 Å². The van der Waals surface area contributed by atoms with Crippen LogP contribution in [0.1, 0.15) is 18.1 Å². The highest BCUT2D eigenvalue weighted by Crippen LogP contribution is 2.09. The molecule has 0 amide bonds. The Morgan fingerprint density at radius 3 is 3.00 bits per heavy atom. The van der Waals surface area contributed by atoms with Crippen LogP contribution in [0.3, 0.4) is 0 Å². The van der Waals surface area contributed by atoms with Gasteiger partial charge in [0.05, 0.1) is 12.2 Å². The van der Waals surface area contributed by atoms with Crippen LogP contribution in [0.2, 0.25) is 0 Å². The van der Waals surface area contributed by atoms with E-state index in [-0.39, 0.29) is 6.42 Å². The highest BCUT2D eigenvalue weighted by Gasteiger charge is 2.02. The highest BCUT2D eigenvalue weighted by molar-refractivity contribution is 7.98. The van der Waals surface area contributed by atoms with Crippen molar-refractivity contribution in [2.75, 3.05) is 5.75 Å². The number of carboxylic acids is 1. The van der Waals surface area contributed by atoms with E-state index < -0.39 is 5.97 Å². The van der Waals surface area contributed by atoms with Crippen LogP contribution >= 0.6 is 11.8 Å². The molecule has 0 unspecified atom stereocenters. The number of aliphatic carboxylic acids is 1. The van der Waals surface area contributed by atoms with Crippen molar-refractivity contribution < 1.29 is 14.4 Å². The van der Waals surface area contributed by atoms with E-state index in [0.717, 1.165) is 0 Å². The molecule has 13 heavy (non-hydrogen) atoms. The molecule has 0 aliphatic heterocycles. The second-order valence-electron chi connectivity index (χ2n) is 2.43. The van der Waals surface area contributed by atoms with Gasteiger partial charge in [-0.25, -0.2) is 0 Å². The Hall–Kier alpha value is -1.04. The molecule has 1 heterocycles. The number of aryl methyl sites for hydroxylation is 1. The molecule has 1 N–H and O–H groups in total. The number of hydrogen-bond acceptors (Lipinski definition) is 5. The van der Waals surface area contributed by atoms with Crippen molar-refractivity contribution in [2.24, 2.45) is 0 Å². The van der Waals surface area contributed by atoms with Gasteiger partial charge in [-0.15, -0.1) is 0 Å². The van der Waals surface area contributed by atoms with Crippen molar-refractivity contribution in [1.82, 2.24) is 10.1 Å². The fourth-order valence-electron chi connectivity index (χ4n) is 0.723. The van der Waals surface area contributed by atoms with E-state index in [1.54, 1.807) is 6.92 Å². The Morgan fingerprint density at radius 1 is 1.69 bits per heavy atom.